The zero-order valence-electron chi connectivity index (χ0n) is 31.5. The smallest absolute Gasteiger partial charge is 0.468 e. The molecule has 2 atom stereocenters. The number of carbonyl (C=O) groups is 2. The first kappa shape index (κ1) is 41.9. The molecule has 0 aliphatic heterocycles. The lowest BCUT2D eigenvalue weighted by Crippen LogP contribution is -2.49. The molecule has 1 aliphatic rings. The van der Waals surface area contributed by atoms with E-state index in [-0.39, 0.29) is 43.3 Å². The second-order valence-corrected chi connectivity index (χ2v) is 14.5. The number of carbonyl (C=O) groups excluding carboxylic acids is 2. The Hall–Kier alpha value is -4.82. The molecule has 3 aromatic rings. The Morgan fingerprint density at radius 1 is 1.09 bits per heavy atom. The summed E-state index contributed by atoms with van der Waals surface area (Å²) in [4.78, 5) is 32.1. The van der Waals surface area contributed by atoms with Crippen molar-refractivity contribution < 1.29 is 45.4 Å². The van der Waals surface area contributed by atoms with Gasteiger partial charge in [0.1, 0.15) is 11.6 Å². The van der Waals surface area contributed by atoms with Crippen molar-refractivity contribution >= 4 is 29.3 Å². The fraction of sp³-hybridized carbons (Fsp3) is 0.513. The summed E-state index contributed by atoms with van der Waals surface area (Å²) >= 11 is 0. The van der Waals surface area contributed by atoms with Crippen molar-refractivity contribution in [2.75, 3.05) is 12.0 Å². The summed E-state index contributed by atoms with van der Waals surface area (Å²) in [5, 5.41) is 11.1. The molecule has 10 nitrogen and oxygen atoms in total. The molecule has 0 spiro atoms. The number of alkyl halides is 5. The number of aliphatic imine (C=N–C) groups is 1. The van der Waals surface area contributed by atoms with Gasteiger partial charge in [-0.3, -0.25) is 4.79 Å². The van der Waals surface area contributed by atoms with Crippen LogP contribution in [0.25, 0.3) is 17.2 Å². The first-order chi connectivity index (χ1) is 25.3. The van der Waals surface area contributed by atoms with Crippen LogP contribution in [0, 0.1) is 12.8 Å². The molecule has 294 valence electrons. The average molecular weight is 762 g/mol. The third kappa shape index (κ3) is 11.8. The third-order valence-electron chi connectivity index (χ3n) is 9.02. The summed E-state index contributed by atoms with van der Waals surface area (Å²) in [6.07, 6.45) is -2.80. The van der Waals surface area contributed by atoms with E-state index in [0.717, 1.165) is 13.5 Å². The van der Waals surface area contributed by atoms with E-state index in [2.05, 4.69) is 31.8 Å². The van der Waals surface area contributed by atoms with E-state index in [1.807, 2.05) is 6.92 Å². The summed E-state index contributed by atoms with van der Waals surface area (Å²) in [6, 6.07) is 10.7. The molecule has 1 aliphatic carbocycles. The number of halogens is 5. The van der Waals surface area contributed by atoms with Gasteiger partial charge in [0.25, 0.3) is 5.90 Å². The number of nitrogens with zero attached hydrogens (tertiary/aromatic N) is 4. The second-order valence-electron chi connectivity index (χ2n) is 14.5. The Bertz CT molecular complexity index is 1800. The van der Waals surface area contributed by atoms with E-state index in [1.165, 1.54) is 17.0 Å². The van der Waals surface area contributed by atoms with Crippen LogP contribution in [0.1, 0.15) is 95.2 Å². The van der Waals surface area contributed by atoms with Crippen molar-refractivity contribution in [3.8, 4) is 11.5 Å². The van der Waals surface area contributed by atoms with Gasteiger partial charge >= 0.3 is 12.3 Å². The van der Waals surface area contributed by atoms with E-state index in [0.29, 0.717) is 59.5 Å². The molecule has 0 radical (unpaired) electrons. The number of methoxy groups -OCH3 is 1. The number of anilines is 1. The van der Waals surface area contributed by atoms with Gasteiger partial charge in [0, 0.05) is 30.5 Å². The number of nitrogens with one attached hydrogen (secondary N) is 1. The van der Waals surface area contributed by atoms with Crippen molar-refractivity contribution in [1.82, 2.24) is 15.5 Å². The van der Waals surface area contributed by atoms with Crippen LogP contribution in [-0.4, -0.2) is 58.9 Å². The van der Waals surface area contributed by atoms with Gasteiger partial charge in [0.2, 0.25) is 23.6 Å². The molecule has 1 heterocycles. The van der Waals surface area contributed by atoms with Crippen molar-refractivity contribution in [1.29, 1.82) is 0 Å². The van der Waals surface area contributed by atoms with E-state index in [4.69, 9.17) is 9.15 Å². The van der Waals surface area contributed by atoms with Gasteiger partial charge in [-0.25, -0.2) is 18.6 Å². The molecule has 54 heavy (non-hydrogen) atoms. The Morgan fingerprint density at radius 2 is 1.80 bits per heavy atom. The van der Waals surface area contributed by atoms with Crippen LogP contribution in [0.3, 0.4) is 0 Å². The van der Waals surface area contributed by atoms with Gasteiger partial charge in [0.15, 0.2) is 0 Å². The zero-order valence-corrected chi connectivity index (χ0v) is 31.5. The van der Waals surface area contributed by atoms with Crippen molar-refractivity contribution in [2.45, 2.75) is 116 Å². The van der Waals surface area contributed by atoms with Crippen LogP contribution in [0.5, 0.6) is 0 Å². The number of rotatable bonds is 12. The molecule has 2 aromatic carbocycles. The van der Waals surface area contributed by atoms with E-state index in [1.54, 1.807) is 58.0 Å². The SMILES string of the molecule is C=C(N=C(OC)C(F)(F)F)c1ccc(CN(C(=O)[C@H](CC)NC(=O)OC(C)(C)C)c2cc(-c3nnc(CCC4CCCC(F)(F)CC4)o3)ccc2C)cc1. The Labute approximate surface area is 312 Å². The highest BCUT2D eigenvalue weighted by atomic mass is 19.4. The predicted octanol–water partition coefficient (Wildman–Crippen LogP) is 9.61. The quantitative estimate of drug-likeness (QED) is 0.0845. The summed E-state index contributed by atoms with van der Waals surface area (Å²) in [5.41, 5.74) is 1.66. The van der Waals surface area contributed by atoms with Crippen molar-refractivity contribution in [2.24, 2.45) is 10.9 Å². The number of hydrogen-bond acceptors (Lipinski definition) is 8. The standard InChI is InChI=1S/C39H48F5N5O5/c1-8-30(46-36(51)54-37(4,5)6)34(50)49(23-27-12-16-28(17-13-27)25(3)45-35(52-7)39(42,43)44)31-22-29(15-11-24(31)2)33-48-47-32(53-33)18-14-26-10-9-20-38(40,41)21-19-26/h11-13,15-17,22,26,30H,3,8-10,14,18-21,23H2,1-2,4-7H3,(H,46,51)/t26?,30-/m0/s1. The fourth-order valence-electron chi connectivity index (χ4n) is 6.11. The number of alkyl carbamates (subject to hydrolysis) is 1. The minimum atomic E-state index is -4.80. The predicted molar refractivity (Wildman–Crippen MR) is 195 cm³/mol. The Morgan fingerprint density at radius 3 is 2.43 bits per heavy atom. The second kappa shape index (κ2) is 17.5. The molecule has 15 heteroatoms. The van der Waals surface area contributed by atoms with Gasteiger partial charge < -0.3 is 24.1 Å². The number of hydrogen-bond donors (Lipinski definition) is 1. The Kier molecular flexibility index (Phi) is 13.6. The van der Waals surface area contributed by atoms with Crippen LogP contribution in [0.2, 0.25) is 0 Å². The van der Waals surface area contributed by atoms with E-state index in [9.17, 15) is 31.5 Å². The maximum atomic E-state index is 14.3. The molecule has 1 aromatic heterocycles. The largest absolute Gasteiger partial charge is 0.478 e. The zero-order chi connectivity index (χ0) is 39.8. The summed E-state index contributed by atoms with van der Waals surface area (Å²) < 4.78 is 83.1. The van der Waals surface area contributed by atoms with Crippen molar-refractivity contribution in [3.05, 3.63) is 71.6 Å². The molecule has 1 fully saturated rings. The van der Waals surface area contributed by atoms with E-state index >= 15 is 0 Å². The normalized spacial score (nSPS) is 16.9. The Balaban J connectivity index is 1.62. The molecule has 1 N–H and O–H groups in total. The molecule has 1 saturated carbocycles. The summed E-state index contributed by atoms with van der Waals surface area (Å²) in [5.74, 6) is -3.77. The summed E-state index contributed by atoms with van der Waals surface area (Å²) in [7, 11) is 0.872. The van der Waals surface area contributed by atoms with E-state index < -0.39 is 41.6 Å². The molecular weight excluding hydrogens is 713 g/mol. The molecule has 1 unspecified atom stereocenters. The van der Waals surface area contributed by atoms with Crippen molar-refractivity contribution in [3.63, 3.8) is 0 Å². The molecule has 4 rings (SSSR count). The topological polar surface area (TPSA) is 119 Å². The lowest BCUT2D eigenvalue weighted by atomic mass is 9.95. The first-order valence-corrected chi connectivity index (χ1v) is 17.9. The van der Waals surface area contributed by atoms with Crippen LogP contribution in [-0.2, 0) is 27.2 Å². The molecule has 0 saturated heterocycles. The minimum absolute atomic E-state index is 0.00698. The number of aryl methyl sites for hydroxylation is 2. The highest BCUT2D eigenvalue weighted by Gasteiger charge is 2.38. The maximum Gasteiger partial charge on any atom is 0.468 e. The number of benzene rings is 2. The summed E-state index contributed by atoms with van der Waals surface area (Å²) in [6.45, 7) is 12.3. The monoisotopic (exact) mass is 761 g/mol. The minimum Gasteiger partial charge on any atom is -0.478 e. The van der Waals surface area contributed by atoms with Gasteiger partial charge in [0.05, 0.1) is 19.4 Å². The van der Waals surface area contributed by atoms with Crippen LogP contribution in [0.15, 0.2) is 58.5 Å². The van der Waals surface area contributed by atoms with Crippen LogP contribution in [0.4, 0.5) is 32.4 Å². The van der Waals surface area contributed by atoms with Gasteiger partial charge in [-0.05, 0) is 88.1 Å². The highest BCUT2D eigenvalue weighted by Crippen LogP contribution is 2.36. The number of amides is 2. The number of ether oxygens (including phenoxy) is 2. The lowest BCUT2D eigenvalue weighted by Gasteiger charge is -2.30. The van der Waals surface area contributed by atoms with Gasteiger partial charge in [-0.15, -0.1) is 10.2 Å². The first-order valence-electron chi connectivity index (χ1n) is 17.9. The number of aromatic nitrogens is 2. The van der Waals surface area contributed by atoms with Crippen LogP contribution >= 0.6 is 0 Å². The molecule has 2 amide bonds. The van der Waals surface area contributed by atoms with Gasteiger partial charge in [-0.1, -0.05) is 50.3 Å². The average Bonchev–Trinajstić information content (AvgIpc) is 3.50. The molecular formula is C39H48F5N5O5. The maximum absolute atomic E-state index is 14.3. The van der Waals surface area contributed by atoms with Crippen LogP contribution < -0.4 is 10.2 Å². The highest BCUT2D eigenvalue weighted by molar-refractivity contribution is 5.99. The lowest BCUT2D eigenvalue weighted by molar-refractivity contribution is -0.120. The van der Waals surface area contributed by atoms with Gasteiger partial charge in [-0.2, -0.15) is 13.2 Å². The fourth-order valence-corrected chi connectivity index (χ4v) is 6.11. The molecule has 0 bridgehead atoms. The third-order valence-corrected chi connectivity index (χ3v) is 9.02.